The van der Waals surface area contributed by atoms with Gasteiger partial charge in [-0.15, -0.1) is 0 Å². The first-order valence-electron chi connectivity index (χ1n) is 5.69. The Kier molecular flexibility index (Phi) is 3.23. The molecule has 2 heterocycles. The first-order chi connectivity index (χ1) is 8.08. The fourth-order valence-electron chi connectivity index (χ4n) is 2.07. The van der Waals surface area contributed by atoms with E-state index in [9.17, 15) is 10.1 Å². The Labute approximate surface area is 99.6 Å². The van der Waals surface area contributed by atoms with Gasteiger partial charge in [-0.25, -0.2) is 0 Å². The zero-order valence-corrected chi connectivity index (χ0v) is 9.74. The third-order valence-corrected chi connectivity index (χ3v) is 3.26. The van der Waals surface area contributed by atoms with Gasteiger partial charge in [0, 0.05) is 25.2 Å². The third-order valence-electron chi connectivity index (χ3n) is 3.26. The van der Waals surface area contributed by atoms with Crippen LogP contribution in [-0.2, 0) is 0 Å². The Hall–Kier alpha value is -1.69. The van der Waals surface area contributed by atoms with Crippen LogP contribution in [0.5, 0.6) is 0 Å². The molecule has 6 nitrogen and oxygen atoms in total. The van der Waals surface area contributed by atoms with Crippen molar-refractivity contribution in [2.24, 2.45) is 11.7 Å². The van der Waals surface area contributed by atoms with E-state index in [1.54, 1.807) is 12.3 Å². The molecule has 2 unspecified atom stereocenters. The molecule has 92 valence electrons. The minimum absolute atomic E-state index is 0.115. The second-order valence-corrected chi connectivity index (χ2v) is 4.51. The van der Waals surface area contributed by atoms with Crippen LogP contribution in [0.4, 0.5) is 11.5 Å². The van der Waals surface area contributed by atoms with Crippen LogP contribution in [-0.4, -0.2) is 29.0 Å². The first kappa shape index (κ1) is 11.8. The lowest BCUT2D eigenvalue weighted by Crippen LogP contribution is -2.46. The number of hydrogen-bond acceptors (Lipinski definition) is 5. The third kappa shape index (κ3) is 2.52. The number of nitro groups is 1. The van der Waals surface area contributed by atoms with Crippen LogP contribution >= 0.6 is 0 Å². The van der Waals surface area contributed by atoms with Crippen molar-refractivity contribution >= 4 is 11.5 Å². The average Bonchev–Trinajstić information content (AvgIpc) is 2.33. The number of nitrogens with two attached hydrogens (primary N) is 1. The summed E-state index contributed by atoms with van der Waals surface area (Å²) in [6, 6.07) is 3.43. The van der Waals surface area contributed by atoms with Gasteiger partial charge in [-0.2, -0.15) is 0 Å². The summed E-state index contributed by atoms with van der Waals surface area (Å²) in [5, 5.41) is 10.5. The molecule has 0 bridgehead atoms. The molecule has 2 rings (SSSR count). The lowest BCUT2D eigenvalue weighted by atomic mass is 9.94. The molecule has 1 aliphatic rings. The minimum Gasteiger partial charge on any atom is -0.368 e. The summed E-state index contributed by atoms with van der Waals surface area (Å²) in [7, 11) is 0. The molecule has 6 heteroatoms. The molecule has 1 fully saturated rings. The topological polar surface area (TPSA) is 85.3 Å². The van der Waals surface area contributed by atoms with Crippen molar-refractivity contribution in [3.8, 4) is 0 Å². The molecular weight excluding hydrogens is 220 g/mol. The van der Waals surface area contributed by atoms with Crippen molar-refractivity contribution in [3.05, 3.63) is 28.4 Å². The van der Waals surface area contributed by atoms with E-state index in [4.69, 9.17) is 5.73 Å². The van der Waals surface area contributed by atoms with E-state index in [0.717, 1.165) is 25.2 Å². The van der Waals surface area contributed by atoms with Gasteiger partial charge >= 0.3 is 5.82 Å². The number of pyridine rings is 1. The van der Waals surface area contributed by atoms with Crippen LogP contribution in [0.25, 0.3) is 0 Å². The van der Waals surface area contributed by atoms with Gasteiger partial charge in [0.25, 0.3) is 0 Å². The van der Waals surface area contributed by atoms with Crippen molar-refractivity contribution in [1.29, 1.82) is 0 Å². The van der Waals surface area contributed by atoms with Crippen molar-refractivity contribution in [1.82, 2.24) is 4.98 Å². The summed E-state index contributed by atoms with van der Waals surface area (Å²) >= 11 is 0. The maximum Gasteiger partial charge on any atom is 0.363 e. The summed E-state index contributed by atoms with van der Waals surface area (Å²) in [5.41, 5.74) is 6.88. The quantitative estimate of drug-likeness (QED) is 0.615. The molecule has 1 aliphatic heterocycles. The Morgan fingerprint density at radius 1 is 1.59 bits per heavy atom. The Balaban J connectivity index is 2.10. The van der Waals surface area contributed by atoms with E-state index in [1.807, 2.05) is 0 Å². The standard InChI is InChI=1S/C11H16N4O2/c1-8-7-14(5-4-10(8)12)9-2-3-11(13-6-9)15(16)17/h2-3,6,8,10H,4-5,7,12H2,1H3. The molecule has 0 radical (unpaired) electrons. The monoisotopic (exact) mass is 236 g/mol. The normalized spacial score (nSPS) is 24.7. The van der Waals surface area contributed by atoms with Crippen molar-refractivity contribution in [2.45, 2.75) is 19.4 Å². The van der Waals surface area contributed by atoms with Crippen molar-refractivity contribution < 1.29 is 4.92 Å². The zero-order chi connectivity index (χ0) is 12.4. The molecule has 17 heavy (non-hydrogen) atoms. The van der Waals surface area contributed by atoms with Gasteiger partial charge in [-0.3, -0.25) is 0 Å². The first-order valence-corrected chi connectivity index (χ1v) is 5.69. The smallest absolute Gasteiger partial charge is 0.363 e. The number of hydrogen-bond donors (Lipinski definition) is 1. The molecule has 1 aromatic rings. The van der Waals surface area contributed by atoms with Gasteiger partial charge in [-0.1, -0.05) is 6.92 Å². The van der Waals surface area contributed by atoms with Gasteiger partial charge in [0.2, 0.25) is 0 Å². The van der Waals surface area contributed by atoms with Crippen LogP contribution in [0.2, 0.25) is 0 Å². The van der Waals surface area contributed by atoms with E-state index in [0.29, 0.717) is 5.92 Å². The van der Waals surface area contributed by atoms with E-state index in [1.165, 1.54) is 6.07 Å². The largest absolute Gasteiger partial charge is 0.368 e. The van der Waals surface area contributed by atoms with Gasteiger partial charge in [0.05, 0.1) is 5.69 Å². The highest BCUT2D eigenvalue weighted by molar-refractivity contribution is 5.47. The predicted octanol–water partition coefficient (Wildman–Crippen LogP) is 1.16. The molecule has 1 saturated heterocycles. The van der Waals surface area contributed by atoms with Crippen LogP contribution in [0.3, 0.4) is 0 Å². The molecule has 0 spiro atoms. The summed E-state index contributed by atoms with van der Waals surface area (Å²) < 4.78 is 0. The maximum atomic E-state index is 10.5. The maximum absolute atomic E-state index is 10.5. The Morgan fingerprint density at radius 2 is 2.35 bits per heavy atom. The summed E-state index contributed by atoms with van der Waals surface area (Å²) in [6.07, 6.45) is 2.50. The highest BCUT2D eigenvalue weighted by Crippen LogP contribution is 2.22. The molecule has 2 atom stereocenters. The highest BCUT2D eigenvalue weighted by Gasteiger charge is 2.24. The Morgan fingerprint density at radius 3 is 2.88 bits per heavy atom. The van der Waals surface area contributed by atoms with E-state index >= 15 is 0 Å². The predicted molar refractivity (Wildman–Crippen MR) is 64.9 cm³/mol. The molecule has 0 saturated carbocycles. The lowest BCUT2D eigenvalue weighted by molar-refractivity contribution is -0.389. The number of nitrogens with zero attached hydrogens (tertiary/aromatic N) is 3. The summed E-state index contributed by atoms with van der Waals surface area (Å²) in [4.78, 5) is 16.0. The fourth-order valence-corrected chi connectivity index (χ4v) is 2.07. The number of rotatable bonds is 2. The lowest BCUT2D eigenvalue weighted by Gasteiger charge is -2.35. The molecule has 2 N–H and O–H groups in total. The summed E-state index contributed by atoms with van der Waals surface area (Å²) in [5.74, 6) is 0.314. The molecule has 0 aliphatic carbocycles. The number of aromatic nitrogens is 1. The van der Waals surface area contributed by atoms with Crippen LogP contribution in [0.15, 0.2) is 18.3 Å². The van der Waals surface area contributed by atoms with E-state index < -0.39 is 4.92 Å². The van der Waals surface area contributed by atoms with Crippen LogP contribution in [0, 0.1) is 16.0 Å². The van der Waals surface area contributed by atoms with Gasteiger partial charge in [0.15, 0.2) is 6.20 Å². The van der Waals surface area contributed by atoms with Gasteiger partial charge < -0.3 is 20.7 Å². The second kappa shape index (κ2) is 4.67. The molecule has 0 aromatic carbocycles. The fraction of sp³-hybridized carbons (Fsp3) is 0.545. The van der Waals surface area contributed by atoms with Crippen molar-refractivity contribution in [3.63, 3.8) is 0 Å². The summed E-state index contributed by atoms with van der Waals surface area (Å²) in [6.45, 7) is 3.88. The minimum atomic E-state index is -0.488. The van der Waals surface area contributed by atoms with Gasteiger partial charge in [-0.05, 0) is 28.3 Å². The molecule has 1 aromatic heterocycles. The molecule has 0 amide bonds. The van der Waals surface area contributed by atoms with E-state index in [2.05, 4.69) is 16.8 Å². The van der Waals surface area contributed by atoms with Gasteiger partial charge in [0.1, 0.15) is 0 Å². The Bertz CT molecular complexity index is 406. The van der Waals surface area contributed by atoms with E-state index in [-0.39, 0.29) is 11.9 Å². The average molecular weight is 236 g/mol. The van der Waals surface area contributed by atoms with Crippen LogP contribution < -0.4 is 10.6 Å². The number of piperidine rings is 1. The van der Waals surface area contributed by atoms with Crippen molar-refractivity contribution in [2.75, 3.05) is 18.0 Å². The van der Waals surface area contributed by atoms with Crippen LogP contribution in [0.1, 0.15) is 13.3 Å². The zero-order valence-electron chi connectivity index (χ0n) is 9.74. The SMILES string of the molecule is CC1CN(c2ccc([N+](=O)[O-])nc2)CCC1N. The second-order valence-electron chi connectivity index (χ2n) is 4.51. The number of anilines is 1. The molecular formula is C11H16N4O2. The highest BCUT2D eigenvalue weighted by atomic mass is 16.6.